The fraction of sp³-hybridized carbons (Fsp3) is 0.125. The number of nitrogens with zero attached hydrogens (tertiary/aromatic N) is 1. The number of rotatable bonds is 2. The molecule has 0 aliphatic rings. The van der Waals surface area contributed by atoms with Crippen LogP contribution in [0.1, 0.15) is 11.1 Å². The van der Waals surface area contributed by atoms with Crippen LogP contribution in [0.5, 0.6) is 0 Å². The Morgan fingerprint density at radius 1 is 0.952 bits per heavy atom. The Hall–Kier alpha value is -2.30. The van der Waals surface area contributed by atoms with E-state index >= 15 is 0 Å². The number of aromatic nitrogens is 1. The average Bonchev–Trinajstić information content (AvgIpc) is 2.80. The van der Waals surface area contributed by atoms with Gasteiger partial charge in [-0.2, -0.15) is 13.2 Å². The van der Waals surface area contributed by atoms with Crippen LogP contribution >= 0.6 is 0 Å². The first-order valence-electron chi connectivity index (χ1n) is 6.34. The molecule has 0 bridgehead atoms. The zero-order valence-corrected chi connectivity index (χ0v) is 10.9. The van der Waals surface area contributed by atoms with Crippen molar-refractivity contribution >= 4 is 10.9 Å². The van der Waals surface area contributed by atoms with Gasteiger partial charge in [0.25, 0.3) is 0 Å². The molecule has 1 aromatic heterocycles. The van der Waals surface area contributed by atoms with Gasteiger partial charge in [-0.3, -0.25) is 0 Å². The van der Waals surface area contributed by atoms with Crippen LogP contribution in [0.25, 0.3) is 10.9 Å². The predicted molar refractivity (Wildman–Crippen MR) is 72.4 cm³/mol. The number of hydrogen-bond acceptors (Lipinski definition) is 0. The van der Waals surface area contributed by atoms with E-state index in [9.17, 15) is 17.6 Å². The molecule has 0 aliphatic heterocycles. The van der Waals surface area contributed by atoms with Gasteiger partial charge in [0.15, 0.2) is 0 Å². The minimum Gasteiger partial charge on any atom is -0.343 e. The van der Waals surface area contributed by atoms with Crippen LogP contribution in [0, 0.1) is 5.82 Å². The largest absolute Gasteiger partial charge is 0.416 e. The lowest BCUT2D eigenvalue weighted by Gasteiger charge is -2.10. The van der Waals surface area contributed by atoms with E-state index in [0.29, 0.717) is 12.1 Å². The quantitative estimate of drug-likeness (QED) is 0.595. The van der Waals surface area contributed by atoms with E-state index in [-0.39, 0.29) is 5.82 Å². The maximum Gasteiger partial charge on any atom is 0.416 e. The number of fused-ring (bicyclic) bond motifs is 1. The van der Waals surface area contributed by atoms with Crippen LogP contribution in [-0.2, 0) is 12.7 Å². The fourth-order valence-corrected chi connectivity index (χ4v) is 2.35. The van der Waals surface area contributed by atoms with E-state index in [0.717, 1.165) is 23.0 Å². The van der Waals surface area contributed by atoms with Gasteiger partial charge in [-0.15, -0.1) is 0 Å². The first-order chi connectivity index (χ1) is 9.93. The van der Waals surface area contributed by atoms with E-state index in [1.165, 1.54) is 18.2 Å². The third kappa shape index (κ3) is 2.77. The zero-order valence-electron chi connectivity index (χ0n) is 10.9. The molecule has 0 fully saturated rings. The topological polar surface area (TPSA) is 4.93 Å². The Labute approximate surface area is 118 Å². The van der Waals surface area contributed by atoms with Gasteiger partial charge in [-0.1, -0.05) is 12.1 Å². The highest BCUT2D eigenvalue weighted by atomic mass is 19.4. The molecule has 5 heteroatoms. The molecule has 21 heavy (non-hydrogen) atoms. The molecule has 0 unspecified atom stereocenters. The maximum atomic E-state index is 13.1. The summed E-state index contributed by atoms with van der Waals surface area (Å²) in [7, 11) is 0. The van der Waals surface area contributed by atoms with Crippen molar-refractivity contribution < 1.29 is 17.6 Å². The second-order valence-corrected chi connectivity index (χ2v) is 4.84. The molecule has 0 saturated heterocycles. The van der Waals surface area contributed by atoms with Crippen molar-refractivity contribution in [2.45, 2.75) is 12.7 Å². The number of benzene rings is 2. The summed E-state index contributed by atoms with van der Waals surface area (Å²) in [6.07, 6.45) is -2.61. The van der Waals surface area contributed by atoms with Crippen molar-refractivity contribution in [2.24, 2.45) is 0 Å². The Morgan fingerprint density at radius 2 is 1.76 bits per heavy atom. The van der Waals surface area contributed by atoms with E-state index in [1.54, 1.807) is 29.0 Å². The summed E-state index contributed by atoms with van der Waals surface area (Å²) < 4.78 is 53.0. The molecule has 0 amide bonds. The van der Waals surface area contributed by atoms with Gasteiger partial charge in [-0.05, 0) is 42.0 Å². The molecule has 2 aromatic carbocycles. The molecular formula is C16H11F4N. The highest BCUT2D eigenvalue weighted by Crippen LogP contribution is 2.30. The van der Waals surface area contributed by atoms with E-state index in [1.807, 2.05) is 0 Å². The zero-order chi connectivity index (χ0) is 15.0. The Morgan fingerprint density at radius 3 is 2.52 bits per heavy atom. The van der Waals surface area contributed by atoms with Gasteiger partial charge in [-0.25, -0.2) is 4.39 Å². The lowest BCUT2D eigenvalue weighted by atomic mass is 10.1. The Balaban J connectivity index is 1.95. The number of hydrogen-bond donors (Lipinski definition) is 0. The third-order valence-corrected chi connectivity index (χ3v) is 3.34. The summed E-state index contributed by atoms with van der Waals surface area (Å²) in [5, 5.41) is 0.724. The SMILES string of the molecule is Fc1ccc2c(ccn2Cc2cccc(C(F)(F)F)c2)c1. The van der Waals surface area contributed by atoms with Gasteiger partial charge in [0.05, 0.1) is 5.56 Å². The minimum absolute atomic E-state index is 0.305. The van der Waals surface area contributed by atoms with Crippen molar-refractivity contribution in [3.05, 3.63) is 71.7 Å². The highest BCUT2D eigenvalue weighted by molar-refractivity contribution is 5.80. The van der Waals surface area contributed by atoms with Crippen molar-refractivity contribution in [1.29, 1.82) is 0 Å². The minimum atomic E-state index is -4.35. The lowest BCUT2D eigenvalue weighted by molar-refractivity contribution is -0.137. The maximum absolute atomic E-state index is 13.1. The molecule has 3 aromatic rings. The molecule has 0 spiro atoms. The normalized spacial score (nSPS) is 12.0. The highest BCUT2D eigenvalue weighted by Gasteiger charge is 2.30. The van der Waals surface area contributed by atoms with E-state index in [2.05, 4.69) is 0 Å². The van der Waals surface area contributed by atoms with Crippen molar-refractivity contribution in [1.82, 2.24) is 4.57 Å². The molecule has 108 valence electrons. The Kier molecular flexibility index (Phi) is 3.20. The first-order valence-corrected chi connectivity index (χ1v) is 6.34. The fourth-order valence-electron chi connectivity index (χ4n) is 2.35. The monoisotopic (exact) mass is 293 g/mol. The van der Waals surface area contributed by atoms with Crippen LogP contribution < -0.4 is 0 Å². The van der Waals surface area contributed by atoms with Gasteiger partial charge < -0.3 is 4.57 Å². The summed E-state index contributed by atoms with van der Waals surface area (Å²) in [5.41, 5.74) is 0.669. The third-order valence-electron chi connectivity index (χ3n) is 3.34. The summed E-state index contributed by atoms with van der Waals surface area (Å²) in [4.78, 5) is 0. The predicted octanol–water partition coefficient (Wildman–Crippen LogP) is 4.85. The smallest absolute Gasteiger partial charge is 0.343 e. The van der Waals surface area contributed by atoms with Crippen molar-refractivity contribution in [3.63, 3.8) is 0 Å². The lowest BCUT2D eigenvalue weighted by Crippen LogP contribution is -2.06. The van der Waals surface area contributed by atoms with Crippen molar-refractivity contribution in [2.75, 3.05) is 0 Å². The van der Waals surface area contributed by atoms with Gasteiger partial charge >= 0.3 is 6.18 Å². The summed E-state index contributed by atoms with van der Waals surface area (Å²) in [6.45, 7) is 0.305. The second-order valence-electron chi connectivity index (χ2n) is 4.84. The molecule has 1 heterocycles. The van der Waals surface area contributed by atoms with Crippen LogP contribution in [0.3, 0.4) is 0 Å². The van der Waals surface area contributed by atoms with Crippen molar-refractivity contribution in [3.8, 4) is 0 Å². The molecular weight excluding hydrogens is 282 g/mol. The molecule has 3 rings (SSSR count). The van der Waals surface area contributed by atoms with E-state index in [4.69, 9.17) is 0 Å². The molecule has 0 aliphatic carbocycles. The van der Waals surface area contributed by atoms with Crippen LogP contribution in [0.4, 0.5) is 17.6 Å². The summed E-state index contributed by atoms with van der Waals surface area (Å²) >= 11 is 0. The molecule has 0 N–H and O–H groups in total. The van der Waals surface area contributed by atoms with Gasteiger partial charge in [0.1, 0.15) is 5.82 Å². The molecule has 0 saturated carbocycles. The number of alkyl halides is 3. The Bertz CT molecular complexity index is 786. The van der Waals surface area contributed by atoms with Crippen LogP contribution in [-0.4, -0.2) is 4.57 Å². The standard InChI is InChI=1S/C16H11F4N/c17-14-4-5-15-12(9-14)6-7-21(15)10-11-2-1-3-13(8-11)16(18,19)20/h1-9H,10H2. The van der Waals surface area contributed by atoms with Crippen LogP contribution in [0.2, 0.25) is 0 Å². The summed E-state index contributed by atoms with van der Waals surface area (Å²) in [5.74, 6) is -0.334. The summed E-state index contributed by atoms with van der Waals surface area (Å²) in [6, 6.07) is 11.3. The molecule has 0 radical (unpaired) electrons. The molecule has 0 atom stereocenters. The van der Waals surface area contributed by atoms with Gasteiger partial charge in [0.2, 0.25) is 0 Å². The molecule has 1 nitrogen and oxygen atoms in total. The number of halogens is 4. The first kappa shape index (κ1) is 13.7. The van der Waals surface area contributed by atoms with Gasteiger partial charge in [0, 0.05) is 23.6 Å². The van der Waals surface area contributed by atoms with Crippen LogP contribution in [0.15, 0.2) is 54.7 Å². The average molecular weight is 293 g/mol. The second kappa shape index (κ2) is 4.91. The van der Waals surface area contributed by atoms with E-state index < -0.39 is 11.7 Å².